The lowest BCUT2D eigenvalue weighted by Gasteiger charge is -2.14. The van der Waals surface area contributed by atoms with Crippen LogP contribution >= 0.6 is 11.3 Å². The van der Waals surface area contributed by atoms with E-state index in [1.807, 2.05) is 30.5 Å². The fourth-order valence-electron chi connectivity index (χ4n) is 2.63. The zero-order chi connectivity index (χ0) is 21.0. The first-order chi connectivity index (χ1) is 13.7. The van der Waals surface area contributed by atoms with E-state index >= 15 is 0 Å². The Morgan fingerprint density at radius 3 is 2.66 bits per heavy atom. The van der Waals surface area contributed by atoms with Crippen LogP contribution in [0, 0.1) is 6.92 Å². The molecule has 3 aromatic rings. The van der Waals surface area contributed by atoms with Gasteiger partial charge < -0.3 is 5.32 Å². The van der Waals surface area contributed by atoms with Gasteiger partial charge in [-0.05, 0) is 53.9 Å². The average molecular weight is 431 g/mol. The van der Waals surface area contributed by atoms with E-state index in [1.54, 1.807) is 30.5 Å². The van der Waals surface area contributed by atoms with Crippen molar-refractivity contribution in [1.29, 1.82) is 0 Å². The molecule has 9 heteroatoms. The minimum Gasteiger partial charge on any atom is -0.317 e. The quantitative estimate of drug-likeness (QED) is 0.600. The number of carbonyl (C=O) groups is 1. The van der Waals surface area contributed by atoms with E-state index in [1.165, 1.54) is 25.4 Å². The fraction of sp³-hybridized carbons (Fsp3) is 0.200. The van der Waals surface area contributed by atoms with E-state index in [0.29, 0.717) is 11.3 Å². The number of pyridine rings is 1. The summed E-state index contributed by atoms with van der Waals surface area (Å²) in [7, 11) is -0.699. The second-order valence-corrected chi connectivity index (χ2v) is 9.50. The molecule has 0 atom stereocenters. The number of rotatable bonds is 7. The summed E-state index contributed by atoms with van der Waals surface area (Å²) in [4.78, 5) is 16.6. The van der Waals surface area contributed by atoms with E-state index in [2.05, 4.69) is 15.0 Å². The van der Waals surface area contributed by atoms with E-state index < -0.39 is 10.2 Å². The van der Waals surface area contributed by atoms with Crippen molar-refractivity contribution in [3.05, 3.63) is 65.3 Å². The number of thiophene rings is 1. The summed E-state index contributed by atoms with van der Waals surface area (Å²) >= 11 is 1.45. The predicted molar refractivity (Wildman–Crippen MR) is 117 cm³/mol. The van der Waals surface area contributed by atoms with Crippen molar-refractivity contribution in [1.82, 2.24) is 9.29 Å². The molecule has 0 saturated carbocycles. The number of anilines is 2. The van der Waals surface area contributed by atoms with Crippen LogP contribution in [0.25, 0.3) is 11.1 Å². The zero-order valence-corrected chi connectivity index (χ0v) is 18.0. The first-order valence-electron chi connectivity index (χ1n) is 8.83. The van der Waals surface area contributed by atoms with Gasteiger partial charge in [0.15, 0.2) is 0 Å². The highest BCUT2D eigenvalue weighted by molar-refractivity contribution is 7.90. The van der Waals surface area contributed by atoms with Crippen LogP contribution in [0.3, 0.4) is 0 Å². The van der Waals surface area contributed by atoms with Crippen molar-refractivity contribution in [2.75, 3.05) is 24.1 Å². The molecule has 0 unspecified atom stereocenters. The van der Waals surface area contributed by atoms with Gasteiger partial charge in [0.25, 0.3) is 0 Å². The second-order valence-electron chi connectivity index (χ2n) is 6.70. The third-order valence-electron chi connectivity index (χ3n) is 4.11. The van der Waals surface area contributed by atoms with Crippen LogP contribution in [-0.2, 0) is 21.4 Å². The van der Waals surface area contributed by atoms with Crippen LogP contribution in [-0.4, -0.2) is 37.7 Å². The molecule has 7 nitrogen and oxygen atoms in total. The summed E-state index contributed by atoms with van der Waals surface area (Å²) in [6.07, 6.45) is 1.90. The number of benzene rings is 1. The number of aryl methyl sites for hydroxylation is 1. The van der Waals surface area contributed by atoms with Crippen LogP contribution in [0.15, 0.2) is 54.0 Å². The number of hydrogen-bond acceptors (Lipinski definition) is 5. The Labute approximate surface area is 174 Å². The van der Waals surface area contributed by atoms with E-state index in [4.69, 9.17) is 0 Å². The summed E-state index contributed by atoms with van der Waals surface area (Å²) in [5, 5.41) is 5.64. The molecule has 0 aliphatic rings. The third kappa shape index (κ3) is 5.63. The molecule has 0 spiro atoms. The lowest BCUT2D eigenvalue weighted by Crippen LogP contribution is -2.28. The van der Waals surface area contributed by atoms with Crippen molar-refractivity contribution in [3.8, 4) is 11.1 Å². The normalized spacial score (nSPS) is 11.4. The molecule has 152 valence electrons. The molecule has 29 heavy (non-hydrogen) atoms. The van der Waals surface area contributed by atoms with E-state index in [0.717, 1.165) is 26.1 Å². The molecule has 0 saturated heterocycles. The van der Waals surface area contributed by atoms with Gasteiger partial charge in [0.1, 0.15) is 0 Å². The Kier molecular flexibility index (Phi) is 6.31. The number of hydrogen-bond donors (Lipinski definition) is 2. The minimum atomic E-state index is -3.59. The largest absolute Gasteiger partial charge is 0.317 e. The van der Waals surface area contributed by atoms with Crippen molar-refractivity contribution < 1.29 is 13.2 Å². The highest BCUT2D eigenvalue weighted by Gasteiger charge is 2.14. The fourth-order valence-corrected chi connectivity index (χ4v) is 4.06. The summed E-state index contributed by atoms with van der Waals surface area (Å²) in [5.41, 5.74) is 4.13. The first-order valence-corrected chi connectivity index (χ1v) is 11.2. The average Bonchev–Trinajstić information content (AvgIpc) is 3.10. The van der Waals surface area contributed by atoms with Crippen molar-refractivity contribution >= 4 is 38.1 Å². The lowest BCUT2D eigenvalue weighted by atomic mass is 10.1. The van der Waals surface area contributed by atoms with Crippen LogP contribution in [0.2, 0.25) is 0 Å². The van der Waals surface area contributed by atoms with Crippen molar-refractivity contribution in [3.63, 3.8) is 0 Å². The van der Waals surface area contributed by atoms with Crippen molar-refractivity contribution in [2.45, 2.75) is 13.3 Å². The van der Waals surface area contributed by atoms with Crippen molar-refractivity contribution in [2.24, 2.45) is 0 Å². The SMILES string of the molecule is Cc1cc(-c2csc(NC(=O)Cc3cccc(NS(=O)(=O)N(C)C)c3)c2)ccn1. The number of nitrogens with one attached hydrogen (secondary N) is 2. The smallest absolute Gasteiger partial charge is 0.301 e. The summed E-state index contributed by atoms with van der Waals surface area (Å²) in [5.74, 6) is -0.170. The van der Waals surface area contributed by atoms with Crippen LogP contribution < -0.4 is 10.0 Å². The van der Waals surface area contributed by atoms with E-state index in [9.17, 15) is 13.2 Å². The third-order valence-corrected chi connectivity index (χ3v) is 6.41. The van der Waals surface area contributed by atoms with E-state index in [-0.39, 0.29) is 12.3 Å². The molecule has 0 aliphatic heterocycles. The number of nitrogens with zero attached hydrogens (tertiary/aromatic N) is 2. The van der Waals surface area contributed by atoms with Gasteiger partial charge in [-0.3, -0.25) is 14.5 Å². The molecule has 2 aromatic heterocycles. The number of carbonyl (C=O) groups excluding carboxylic acids is 1. The van der Waals surface area contributed by atoms with Gasteiger partial charge >= 0.3 is 10.2 Å². The maximum Gasteiger partial charge on any atom is 0.301 e. The summed E-state index contributed by atoms with van der Waals surface area (Å²) in [6, 6.07) is 12.6. The minimum absolute atomic E-state index is 0.138. The van der Waals surface area contributed by atoms with Gasteiger partial charge in [-0.1, -0.05) is 12.1 Å². The standard InChI is InChI=1S/C20H22N4O3S2/c1-14-9-16(7-8-21-14)17-12-20(28-13-17)22-19(25)11-15-5-4-6-18(10-15)23-29(26,27)24(2)3/h4-10,12-13,23H,11H2,1-3H3,(H,22,25). The Morgan fingerprint density at radius 1 is 1.14 bits per heavy atom. The maximum atomic E-state index is 12.4. The molecule has 2 heterocycles. The Hall–Kier alpha value is -2.75. The lowest BCUT2D eigenvalue weighted by molar-refractivity contribution is -0.115. The van der Waals surface area contributed by atoms with Gasteiger partial charge in [0.05, 0.1) is 17.1 Å². The molecule has 0 aliphatic carbocycles. The van der Waals surface area contributed by atoms with Crippen LogP contribution in [0.5, 0.6) is 0 Å². The van der Waals surface area contributed by atoms with Gasteiger partial charge in [0, 0.05) is 31.4 Å². The zero-order valence-electron chi connectivity index (χ0n) is 16.3. The molecular weight excluding hydrogens is 408 g/mol. The molecule has 2 N–H and O–H groups in total. The number of amides is 1. The van der Waals surface area contributed by atoms with Gasteiger partial charge in [-0.25, -0.2) is 0 Å². The monoisotopic (exact) mass is 430 g/mol. The second kappa shape index (κ2) is 8.73. The predicted octanol–water partition coefficient (Wildman–Crippen LogP) is 3.52. The molecule has 1 aromatic carbocycles. The first kappa shape index (κ1) is 21.0. The molecule has 0 bridgehead atoms. The summed E-state index contributed by atoms with van der Waals surface area (Å²) in [6.45, 7) is 1.94. The Morgan fingerprint density at radius 2 is 1.93 bits per heavy atom. The molecule has 3 rings (SSSR count). The Balaban J connectivity index is 1.65. The highest BCUT2D eigenvalue weighted by atomic mass is 32.2. The van der Waals surface area contributed by atoms with Gasteiger partial charge in [-0.15, -0.1) is 11.3 Å². The van der Waals surface area contributed by atoms with Gasteiger partial charge in [0.2, 0.25) is 5.91 Å². The topological polar surface area (TPSA) is 91.4 Å². The van der Waals surface area contributed by atoms with Crippen LogP contribution in [0.1, 0.15) is 11.3 Å². The maximum absolute atomic E-state index is 12.4. The number of aromatic nitrogens is 1. The molecule has 0 fully saturated rings. The Bertz CT molecular complexity index is 1120. The molecule has 1 amide bonds. The molecular formula is C20H22N4O3S2. The summed E-state index contributed by atoms with van der Waals surface area (Å²) < 4.78 is 27.5. The highest BCUT2D eigenvalue weighted by Crippen LogP contribution is 2.29. The molecule has 0 radical (unpaired) electrons. The van der Waals surface area contributed by atoms with Gasteiger partial charge in [-0.2, -0.15) is 12.7 Å². The van der Waals surface area contributed by atoms with Crippen LogP contribution in [0.4, 0.5) is 10.7 Å².